The molecule has 1 aliphatic rings. The highest BCUT2D eigenvalue weighted by atomic mass is 127. The van der Waals surface area contributed by atoms with Gasteiger partial charge in [0.25, 0.3) is 0 Å². The fourth-order valence-corrected chi connectivity index (χ4v) is 3.03. The van der Waals surface area contributed by atoms with Gasteiger partial charge >= 0.3 is 0 Å². The fourth-order valence-electron chi connectivity index (χ4n) is 3.03. The largest absolute Gasteiger partial charge is 0.454 e. The Morgan fingerprint density at radius 3 is 2.57 bits per heavy atom. The standard InChI is InChI=1S/C21H28N4O2.HI/c1-22-21(24-13-17-5-4-6-18(11-17)14-25(2)3)23-10-9-16-7-8-19-20(12-16)27-15-26-19;/h4-8,11-12H,9-10,13-15H2,1-3H3,(H2,22,23,24);1H. The van der Waals surface area contributed by atoms with Crippen molar-refractivity contribution in [1.82, 2.24) is 15.5 Å². The number of nitrogens with zero attached hydrogens (tertiary/aromatic N) is 2. The van der Waals surface area contributed by atoms with Crippen molar-refractivity contribution in [2.24, 2.45) is 4.99 Å². The molecule has 0 amide bonds. The summed E-state index contributed by atoms with van der Waals surface area (Å²) in [5, 5.41) is 6.74. The van der Waals surface area contributed by atoms with E-state index in [1.165, 1.54) is 16.7 Å². The summed E-state index contributed by atoms with van der Waals surface area (Å²) >= 11 is 0. The smallest absolute Gasteiger partial charge is 0.231 e. The normalized spacial score (nSPS) is 12.6. The molecule has 0 unspecified atom stereocenters. The number of benzene rings is 2. The Kier molecular flexibility index (Phi) is 8.85. The predicted octanol–water partition coefficient (Wildman–Crippen LogP) is 3.00. The first-order chi connectivity index (χ1) is 13.1. The Morgan fingerprint density at radius 1 is 1.00 bits per heavy atom. The van der Waals surface area contributed by atoms with Crippen LogP contribution in [0.1, 0.15) is 16.7 Å². The van der Waals surface area contributed by atoms with Crippen molar-refractivity contribution in [2.45, 2.75) is 19.5 Å². The lowest BCUT2D eigenvalue weighted by atomic mass is 10.1. The lowest BCUT2D eigenvalue weighted by Gasteiger charge is -2.14. The van der Waals surface area contributed by atoms with Gasteiger partial charge in [0.2, 0.25) is 6.79 Å². The average Bonchev–Trinajstić information content (AvgIpc) is 3.12. The van der Waals surface area contributed by atoms with Gasteiger partial charge in [0, 0.05) is 26.7 Å². The van der Waals surface area contributed by atoms with Crippen molar-refractivity contribution in [1.29, 1.82) is 0 Å². The summed E-state index contributed by atoms with van der Waals surface area (Å²) in [7, 11) is 5.95. The molecular weight excluding hydrogens is 467 g/mol. The van der Waals surface area contributed by atoms with Crippen LogP contribution in [0.2, 0.25) is 0 Å². The fraction of sp³-hybridized carbons (Fsp3) is 0.381. The molecule has 3 rings (SSSR count). The number of rotatable bonds is 7. The molecule has 0 spiro atoms. The summed E-state index contributed by atoms with van der Waals surface area (Å²) in [5.74, 6) is 2.45. The average molecular weight is 496 g/mol. The molecule has 0 bridgehead atoms. The Morgan fingerprint density at radius 2 is 1.79 bits per heavy atom. The molecule has 0 aliphatic carbocycles. The van der Waals surface area contributed by atoms with Gasteiger partial charge in [0.15, 0.2) is 17.5 Å². The number of guanidine groups is 1. The topological polar surface area (TPSA) is 58.1 Å². The third-order valence-electron chi connectivity index (χ3n) is 4.32. The van der Waals surface area contributed by atoms with Crippen LogP contribution in [0.15, 0.2) is 47.5 Å². The monoisotopic (exact) mass is 496 g/mol. The molecule has 0 radical (unpaired) electrons. The molecule has 6 nitrogen and oxygen atoms in total. The van der Waals surface area contributed by atoms with Crippen LogP contribution in [0.3, 0.4) is 0 Å². The van der Waals surface area contributed by atoms with Crippen molar-refractivity contribution in [3.05, 3.63) is 59.2 Å². The van der Waals surface area contributed by atoms with Gasteiger partial charge in [-0.1, -0.05) is 30.3 Å². The van der Waals surface area contributed by atoms with Crippen molar-refractivity contribution < 1.29 is 9.47 Å². The third-order valence-corrected chi connectivity index (χ3v) is 4.32. The first-order valence-electron chi connectivity index (χ1n) is 9.19. The van der Waals surface area contributed by atoms with Crippen LogP contribution >= 0.6 is 24.0 Å². The minimum absolute atomic E-state index is 0. The second-order valence-corrected chi connectivity index (χ2v) is 6.85. The highest BCUT2D eigenvalue weighted by Gasteiger charge is 2.12. The molecule has 2 N–H and O–H groups in total. The number of nitrogens with one attached hydrogen (secondary N) is 2. The summed E-state index contributed by atoms with van der Waals surface area (Å²) in [6, 6.07) is 14.7. The van der Waals surface area contributed by atoms with E-state index in [0.29, 0.717) is 6.79 Å². The van der Waals surface area contributed by atoms with E-state index in [-0.39, 0.29) is 24.0 Å². The number of halogens is 1. The van der Waals surface area contributed by atoms with E-state index in [1.54, 1.807) is 7.05 Å². The van der Waals surface area contributed by atoms with Crippen molar-refractivity contribution in [3.63, 3.8) is 0 Å². The minimum atomic E-state index is 0. The number of hydrogen-bond donors (Lipinski definition) is 2. The van der Waals surface area contributed by atoms with Gasteiger partial charge in [-0.25, -0.2) is 0 Å². The van der Waals surface area contributed by atoms with Crippen molar-refractivity contribution in [2.75, 3.05) is 34.5 Å². The van der Waals surface area contributed by atoms with E-state index < -0.39 is 0 Å². The molecule has 0 aromatic heterocycles. The Balaban J connectivity index is 0.00000280. The second kappa shape index (κ2) is 11.1. The highest BCUT2D eigenvalue weighted by molar-refractivity contribution is 14.0. The van der Waals surface area contributed by atoms with Crippen LogP contribution in [-0.4, -0.2) is 45.3 Å². The predicted molar refractivity (Wildman–Crippen MR) is 124 cm³/mol. The van der Waals surface area contributed by atoms with Crippen LogP contribution < -0.4 is 20.1 Å². The van der Waals surface area contributed by atoms with Gasteiger partial charge in [-0.05, 0) is 49.3 Å². The maximum Gasteiger partial charge on any atom is 0.231 e. The molecule has 0 fully saturated rings. The van der Waals surface area contributed by atoms with Gasteiger partial charge < -0.3 is 25.0 Å². The van der Waals surface area contributed by atoms with E-state index in [0.717, 1.165) is 43.5 Å². The zero-order valence-corrected chi connectivity index (χ0v) is 19.0. The molecule has 0 saturated heterocycles. The number of ether oxygens (including phenoxy) is 2. The summed E-state index contributed by atoms with van der Waals surface area (Å²) in [6.45, 7) is 2.78. The zero-order valence-electron chi connectivity index (χ0n) is 16.7. The quantitative estimate of drug-likeness (QED) is 0.351. The first kappa shape index (κ1) is 22.3. The number of hydrogen-bond acceptors (Lipinski definition) is 4. The zero-order chi connectivity index (χ0) is 19.1. The van der Waals surface area contributed by atoms with Crippen LogP contribution in [0, 0.1) is 0 Å². The van der Waals surface area contributed by atoms with Crippen LogP contribution in [-0.2, 0) is 19.5 Å². The van der Waals surface area contributed by atoms with Crippen LogP contribution in [0.25, 0.3) is 0 Å². The van der Waals surface area contributed by atoms with E-state index in [1.807, 2.05) is 12.1 Å². The Bertz CT molecular complexity index is 796. The van der Waals surface area contributed by atoms with E-state index in [9.17, 15) is 0 Å². The molecule has 1 heterocycles. The van der Waals surface area contributed by atoms with E-state index >= 15 is 0 Å². The summed E-state index contributed by atoms with van der Waals surface area (Å²) < 4.78 is 10.8. The molecule has 28 heavy (non-hydrogen) atoms. The number of fused-ring (bicyclic) bond motifs is 1. The maximum absolute atomic E-state index is 5.43. The third kappa shape index (κ3) is 6.56. The molecule has 7 heteroatoms. The van der Waals surface area contributed by atoms with Gasteiger partial charge in [-0.2, -0.15) is 0 Å². The molecular formula is C21H29IN4O2. The summed E-state index contributed by atoms with van der Waals surface area (Å²) in [6.07, 6.45) is 0.885. The molecule has 0 atom stereocenters. The number of aliphatic imine (C=N–C) groups is 1. The van der Waals surface area contributed by atoms with Gasteiger partial charge in [0.05, 0.1) is 0 Å². The lowest BCUT2D eigenvalue weighted by molar-refractivity contribution is 0.174. The Labute approximate surface area is 184 Å². The molecule has 2 aromatic rings. The molecule has 152 valence electrons. The SMILES string of the molecule is CN=C(NCCc1ccc2c(c1)OCO2)NCc1cccc(CN(C)C)c1.I. The van der Waals surface area contributed by atoms with E-state index in [2.05, 4.69) is 65.0 Å². The van der Waals surface area contributed by atoms with Gasteiger partial charge in [0.1, 0.15) is 0 Å². The Hall–Kier alpha value is -2.00. The first-order valence-corrected chi connectivity index (χ1v) is 9.19. The second-order valence-electron chi connectivity index (χ2n) is 6.85. The van der Waals surface area contributed by atoms with Crippen molar-refractivity contribution in [3.8, 4) is 11.5 Å². The molecule has 1 aliphatic heterocycles. The summed E-state index contributed by atoms with van der Waals surface area (Å²) in [5.41, 5.74) is 3.76. The molecule has 0 saturated carbocycles. The highest BCUT2D eigenvalue weighted by Crippen LogP contribution is 2.32. The molecule has 2 aromatic carbocycles. The maximum atomic E-state index is 5.43. The van der Waals surface area contributed by atoms with Gasteiger partial charge in [-0.3, -0.25) is 4.99 Å². The van der Waals surface area contributed by atoms with Crippen LogP contribution in [0.5, 0.6) is 11.5 Å². The van der Waals surface area contributed by atoms with Gasteiger partial charge in [-0.15, -0.1) is 24.0 Å². The van der Waals surface area contributed by atoms with Crippen LogP contribution in [0.4, 0.5) is 0 Å². The van der Waals surface area contributed by atoms with Crippen molar-refractivity contribution >= 4 is 29.9 Å². The summed E-state index contributed by atoms with van der Waals surface area (Å²) in [4.78, 5) is 6.47. The van der Waals surface area contributed by atoms with E-state index in [4.69, 9.17) is 9.47 Å². The lowest BCUT2D eigenvalue weighted by Crippen LogP contribution is -2.37. The minimum Gasteiger partial charge on any atom is -0.454 e.